The molecular weight excluding hydrogens is 298 g/mol. The molecule has 0 amide bonds. The summed E-state index contributed by atoms with van der Waals surface area (Å²) in [5.74, 6) is 0. The van der Waals surface area contributed by atoms with Gasteiger partial charge in [0, 0.05) is 32.1 Å². The number of fused-ring (bicyclic) bond motifs is 4. The van der Waals surface area contributed by atoms with Crippen molar-refractivity contribution in [3.8, 4) is 10.4 Å². The van der Waals surface area contributed by atoms with Crippen LogP contribution in [-0.4, -0.2) is 4.98 Å². The van der Waals surface area contributed by atoms with Gasteiger partial charge in [0.15, 0.2) is 0 Å². The molecule has 0 saturated carbocycles. The minimum absolute atomic E-state index is 1.05. The minimum Gasteiger partial charge on any atom is -0.256 e. The topological polar surface area (TPSA) is 12.9 Å². The fourth-order valence-corrected chi connectivity index (χ4v) is 4.32. The first kappa shape index (κ1) is 12.8. The number of pyridine rings is 1. The second-order valence-electron chi connectivity index (χ2n) is 5.69. The molecule has 5 aromatic rings. The fourth-order valence-electron chi connectivity index (χ4n) is 3.23. The maximum absolute atomic E-state index is 4.65. The number of hydrogen-bond donors (Lipinski definition) is 0. The Labute approximate surface area is 137 Å². The molecular formula is C21H13NS. The van der Waals surface area contributed by atoms with E-state index in [0.717, 1.165) is 5.52 Å². The van der Waals surface area contributed by atoms with Crippen LogP contribution in [0.2, 0.25) is 0 Å². The first-order chi connectivity index (χ1) is 11.4. The molecule has 0 aliphatic rings. The zero-order valence-electron chi connectivity index (χ0n) is 12.4. The number of nitrogens with zero attached hydrogens (tertiary/aromatic N) is 1. The lowest BCUT2D eigenvalue weighted by Gasteiger charge is -2.07. The summed E-state index contributed by atoms with van der Waals surface area (Å²) in [5, 5.41) is 5.01. The molecule has 2 heterocycles. The van der Waals surface area contributed by atoms with Crippen LogP contribution in [0.4, 0.5) is 0 Å². The van der Waals surface area contributed by atoms with Crippen LogP contribution in [-0.2, 0) is 0 Å². The van der Waals surface area contributed by atoms with Gasteiger partial charge in [-0.05, 0) is 29.0 Å². The molecule has 0 aliphatic heterocycles. The van der Waals surface area contributed by atoms with E-state index in [4.69, 9.17) is 0 Å². The van der Waals surface area contributed by atoms with Gasteiger partial charge in [-0.2, -0.15) is 0 Å². The van der Waals surface area contributed by atoms with Crippen LogP contribution in [0.25, 0.3) is 42.2 Å². The van der Waals surface area contributed by atoms with Crippen molar-refractivity contribution >= 4 is 43.1 Å². The summed E-state index contributed by atoms with van der Waals surface area (Å²) >= 11 is 1.85. The van der Waals surface area contributed by atoms with Gasteiger partial charge in [-0.15, -0.1) is 11.3 Å². The van der Waals surface area contributed by atoms with E-state index in [0.29, 0.717) is 0 Å². The van der Waals surface area contributed by atoms with Crippen LogP contribution < -0.4 is 0 Å². The second-order valence-corrected chi connectivity index (χ2v) is 6.78. The number of aromatic nitrogens is 1. The van der Waals surface area contributed by atoms with Crippen molar-refractivity contribution in [3.63, 3.8) is 0 Å². The second kappa shape index (κ2) is 4.90. The third-order valence-electron chi connectivity index (χ3n) is 4.31. The molecule has 0 unspecified atom stereocenters. The van der Waals surface area contributed by atoms with Crippen molar-refractivity contribution < 1.29 is 0 Å². The van der Waals surface area contributed by atoms with Crippen LogP contribution in [0.1, 0.15) is 0 Å². The van der Waals surface area contributed by atoms with E-state index in [2.05, 4.69) is 77.8 Å². The summed E-state index contributed by atoms with van der Waals surface area (Å²) < 4.78 is 1.33. The maximum Gasteiger partial charge on any atom is 0.0715 e. The van der Waals surface area contributed by atoms with E-state index in [1.54, 1.807) is 0 Å². The Morgan fingerprint density at radius 3 is 2.48 bits per heavy atom. The molecule has 5 rings (SSSR count). The van der Waals surface area contributed by atoms with Gasteiger partial charge in [0.05, 0.1) is 5.52 Å². The molecule has 1 nitrogen and oxygen atoms in total. The average Bonchev–Trinajstić information content (AvgIpc) is 3.05. The average molecular weight is 311 g/mol. The van der Waals surface area contributed by atoms with Crippen molar-refractivity contribution in [3.05, 3.63) is 79.0 Å². The van der Waals surface area contributed by atoms with Crippen LogP contribution >= 0.6 is 11.3 Å². The van der Waals surface area contributed by atoms with Gasteiger partial charge < -0.3 is 0 Å². The van der Waals surface area contributed by atoms with Crippen molar-refractivity contribution in [1.82, 2.24) is 4.98 Å². The van der Waals surface area contributed by atoms with Crippen LogP contribution in [0, 0.1) is 0 Å². The van der Waals surface area contributed by atoms with Crippen LogP contribution in [0.5, 0.6) is 0 Å². The third-order valence-corrected chi connectivity index (χ3v) is 5.46. The van der Waals surface area contributed by atoms with E-state index < -0.39 is 0 Å². The molecule has 0 aliphatic carbocycles. The van der Waals surface area contributed by atoms with Gasteiger partial charge in [0.25, 0.3) is 0 Å². The van der Waals surface area contributed by atoms with E-state index in [-0.39, 0.29) is 0 Å². The number of rotatable bonds is 1. The minimum atomic E-state index is 1.05. The highest BCUT2D eigenvalue weighted by Gasteiger charge is 2.11. The van der Waals surface area contributed by atoms with Gasteiger partial charge >= 0.3 is 0 Å². The molecule has 0 N–H and O–H groups in total. The van der Waals surface area contributed by atoms with E-state index in [9.17, 15) is 0 Å². The lowest BCUT2D eigenvalue weighted by molar-refractivity contribution is 1.44. The Morgan fingerprint density at radius 2 is 1.57 bits per heavy atom. The van der Waals surface area contributed by atoms with Crippen molar-refractivity contribution in [2.24, 2.45) is 0 Å². The summed E-state index contributed by atoms with van der Waals surface area (Å²) in [7, 11) is 0. The summed E-state index contributed by atoms with van der Waals surface area (Å²) in [6.45, 7) is 0. The lowest BCUT2D eigenvalue weighted by Crippen LogP contribution is -1.84. The summed E-state index contributed by atoms with van der Waals surface area (Å²) in [6.07, 6.45) is 1.96. The number of thiophene rings is 1. The molecule has 2 aromatic heterocycles. The van der Waals surface area contributed by atoms with Crippen molar-refractivity contribution in [2.75, 3.05) is 0 Å². The van der Waals surface area contributed by atoms with Crippen molar-refractivity contribution in [1.29, 1.82) is 0 Å². The smallest absolute Gasteiger partial charge is 0.0715 e. The predicted molar refractivity (Wildman–Crippen MR) is 100 cm³/mol. The predicted octanol–water partition coefficient (Wildman–Crippen LogP) is 6.27. The highest BCUT2D eigenvalue weighted by Crippen LogP contribution is 2.39. The molecule has 0 bridgehead atoms. The molecule has 2 heteroatoms. The highest BCUT2D eigenvalue weighted by atomic mass is 32.1. The zero-order chi connectivity index (χ0) is 15.2. The molecule has 0 spiro atoms. The summed E-state index contributed by atoms with van der Waals surface area (Å²) in [4.78, 5) is 5.95. The maximum atomic E-state index is 4.65. The number of hydrogen-bond acceptors (Lipinski definition) is 2. The van der Waals surface area contributed by atoms with Gasteiger partial charge in [0.2, 0.25) is 0 Å². The van der Waals surface area contributed by atoms with Gasteiger partial charge in [-0.1, -0.05) is 54.6 Å². The molecule has 23 heavy (non-hydrogen) atoms. The standard InChI is InChI=1S/C21H13NS/c1-3-8-16-15(7-1)13-22-18-10-5-9-17(21(16)18)20-12-14-6-2-4-11-19(14)23-20/h1-13H. The molecule has 0 atom stereocenters. The monoisotopic (exact) mass is 311 g/mol. The Balaban J connectivity index is 1.92. The van der Waals surface area contributed by atoms with E-state index >= 15 is 0 Å². The fraction of sp³-hybridized carbons (Fsp3) is 0. The Kier molecular flexibility index (Phi) is 2.73. The van der Waals surface area contributed by atoms with Gasteiger partial charge in [0.1, 0.15) is 0 Å². The van der Waals surface area contributed by atoms with Gasteiger partial charge in [-0.3, -0.25) is 4.98 Å². The molecule has 0 fully saturated rings. The highest BCUT2D eigenvalue weighted by molar-refractivity contribution is 7.22. The Bertz CT molecular complexity index is 1140. The third kappa shape index (κ3) is 1.96. The molecule has 0 radical (unpaired) electrons. The Hall–Kier alpha value is -2.71. The number of benzene rings is 3. The Morgan fingerprint density at radius 1 is 0.739 bits per heavy atom. The SMILES string of the molecule is c1ccc2sc(-c3cccc4ncc5ccccc5c34)cc2c1. The quantitative estimate of drug-likeness (QED) is 0.332. The normalized spacial score (nSPS) is 11.5. The molecule has 3 aromatic carbocycles. The zero-order valence-corrected chi connectivity index (χ0v) is 13.2. The summed E-state index contributed by atoms with van der Waals surface area (Å²) in [6, 6.07) is 25.7. The molecule has 108 valence electrons. The molecule has 0 saturated heterocycles. The van der Waals surface area contributed by atoms with Crippen LogP contribution in [0.3, 0.4) is 0 Å². The lowest BCUT2D eigenvalue weighted by atomic mass is 10.0. The van der Waals surface area contributed by atoms with E-state index in [1.165, 1.54) is 36.7 Å². The largest absolute Gasteiger partial charge is 0.256 e. The first-order valence-electron chi connectivity index (χ1n) is 7.65. The van der Waals surface area contributed by atoms with E-state index in [1.807, 2.05) is 17.5 Å². The first-order valence-corrected chi connectivity index (χ1v) is 8.47. The van der Waals surface area contributed by atoms with Crippen molar-refractivity contribution in [2.45, 2.75) is 0 Å². The summed E-state index contributed by atoms with van der Waals surface area (Å²) in [5.41, 5.74) is 2.33. The van der Waals surface area contributed by atoms with Gasteiger partial charge in [-0.25, -0.2) is 0 Å². The van der Waals surface area contributed by atoms with Crippen LogP contribution in [0.15, 0.2) is 79.0 Å².